The summed E-state index contributed by atoms with van der Waals surface area (Å²) in [5.74, 6) is -0.701. The standard InChI is InChI=1S/C10H16O4/c1-5-4-6(11)7(12)9-8(5)13-10(2,3)14-9/h5,7-9,12H,4H2,1-3H3/t5-,7-,8-,9+/m1/s1. The summed E-state index contributed by atoms with van der Waals surface area (Å²) >= 11 is 0. The van der Waals surface area contributed by atoms with Gasteiger partial charge < -0.3 is 14.6 Å². The third-order valence-corrected chi connectivity index (χ3v) is 2.89. The van der Waals surface area contributed by atoms with Crippen LogP contribution in [0.3, 0.4) is 0 Å². The van der Waals surface area contributed by atoms with Crippen molar-refractivity contribution in [3.8, 4) is 0 Å². The van der Waals surface area contributed by atoms with Crippen LogP contribution in [0, 0.1) is 5.92 Å². The fraction of sp³-hybridized carbons (Fsp3) is 0.900. The van der Waals surface area contributed by atoms with Crippen molar-refractivity contribution in [3.63, 3.8) is 0 Å². The summed E-state index contributed by atoms with van der Waals surface area (Å²) in [6.07, 6.45) is -1.28. The Hall–Kier alpha value is -0.450. The monoisotopic (exact) mass is 200 g/mol. The molecule has 2 aliphatic rings. The molecule has 4 heteroatoms. The lowest BCUT2D eigenvalue weighted by Crippen LogP contribution is -2.49. The van der Waals surface area contributed by atoms with Crippen molar-refractivity contribution in [1.82, 2.24) is 0 Å². The van der Waals surface area contributed by atoms with Crippen molar-refractivity contribution >= 4 is 5.78 Å². The lowest BCUT2D eigenvalue weighted by atomic mass is 9.83. The fourth-order valence-electron chi connectivity index (χ4n) is 2.24. The van der Waals surface area contributed by atoms with Crippen molar-refractivity contribution in [3.05, 3.63) is 0 Å². The molecule has 80 valence electrons. The Morgan fingerprint density at radius 2 is 1.93 bits per heavy atom. The topological polar surface area (TPSA) is 55.8 Å². The summed E-state index contributed by atoms with van der Waals surface area (Å²) in [5.41, 5.74) is 0. The average molecular weight is 200 g/mol. The van der Waals surface area contributed by atoms with E-state index in [1.54, 1.807) is 13.8 Å². The maximum Gasteiger partial charge on any atom is 0.164 e. The molecule has 2 fully saturated rings. The van der Waals surface area contributed by atoms with Crippen LogP contribution < -0.4 is 0 Å². The Bertz CT molecular complexity index is 261. The van der Waals surface area contributed by atoms with Crippen molar-refractivity contribution in [2.24, 2.45) is 5.92 Å². The Morgan fingerprint density at radius 1 is 1.36 bits per heavy atom. The minimum atomic E-state index is -1.02. The van der Waals surface area contributed by atoms with Gasteiger partial charge >= 0.3 is 0 Å². The molecule has 0 amide bonds. The number of carbonyl (C=O) groups excluding carboxylic acids is 1. The van der Waals surface area contributed by atoms with Gasteiger partial charge in [-0.25, -0.2) is 0 Å². The molecular formula is C10H16O4. The predicted molar refractivity (Wildman–Crippen MR) is 48.6 cm³/mol. The highest BCUT2D eigenvalue weighted by Gasteiger charge is 2.52. The highest BCUT2D eigenvalue weighted by atomic mass is 16.8. The van der Waals surface area contributed by atoms with Crippen LogP contribution in [0.4, 0.5) is 0 Å². The molecular weight excluding hydrogens is 184 g/mol. The van der Waals surface area contributed by atoms with Gasteiger partial charge in [-0.15, -0.1) is 0 Å². The Kier molecular flexibility index (Phi) is 2.17. The summed E-state index contributed by atoms with van der Waals surface area (Å²) in [4.78, 5) is 11.4. The second-order valence-electron chi connectivity index (χ2n) is 4.66. The quantitative estimate of drug-likeness (QED) is 0.617. The minimum absolute atomic E-state index is 0.123. The first-order valence-corrected chi connectivity index (χ1v) is 4.97. The van der Waals surface area contributed by atoms with E-state index < -0.39 is 18.0 Å². The van der Waals surface area contributed by atoms with Crippen LogP contribution in [0.5, 0.6) is 0 Å². The van der Waals surface area contributed by atoms with E-state index in [1.165, 1.54) is 0 Å². The Morgan fingerprint density at radius 3 is 2.57 bits per heavy atom. The lowest BCUT2D eigenvalue weighted by Gasteiger charge is -2.31. The van der Waals surface area contributed by atoms with Gasteiger partial charge in [0.05, 0.1) is 6.10 Å². The number of rotatable bonds is 0. The smallest absolute Gasteiger partial charge is 0.164 e. The normalized spacial score (nSPS) is 46.4. The van der Waals surface area contributed by atoms with E-state index in [2.05, 4.69) is 0 Å². The van der Waals surface area contributed by atoms with Gasteiger partial charge in [-0.2, -0.15) is 0 Å². The first-order valence-electron chi connectivity index (χ1n) is 4.97. The number of Topliss-reactive ketones (excluding diaryl/α,β-unsaturated/α-hetero) is 1. The highest BCUT2D eigenvalue weighted by molar-refractivity contribution is 5.84. The van der Waals surface area contributed by atoms with E-state index in [9.17, 15) is 9.90 Å². The van der Waals surface area contributed by atoms with Crippen LogP contribution in [-0.4, -0.2) is 35.0 Å². The van der Waals surface area contributed by atoms with Crippen LogP contribution in [0.25, 0.3) is 0 Å². The van der Waals surface area contributed by atoms with Gasteiger partial charge in [-0.1, -0.05) is 6.92 Å². The first kappa shape index (κ1) is 10.1. The summed E-state index contributed by atoms with van der Waals surface area (Å²) in [7, 11) is 0. The predicted octanol–water partition coefficient (Wildman–Crippen LogP) is 0.476. The molecule has 0 unspecified atom stereocenters. The SMILES string of the molecule is C[C@@H]1CC(=O)[C@@H](O)[C@@H]2OC(C)(C)O[C@@H]21. The van der Waals surface area contributed by atoms with E-state index in [0.717, 1.165) is 0 Å². The Balaban J connectivity index is 2.22. The molecule has 1 aliphatic heterocycles. The molecule has 0 bridgehead atoms. The van der Waals surface area contributed by atoms with Crippen LogP contribution in [0.2, 0.25) is 0 Å². The van der Waals surface area contributed by atoms with Crippen LogP contribution >= 0.6 is 0 Å². The van der Waals surface area contributed by atoms with Gasteiger partial charge in [-0.3, -0.25) is 4.79 Å². The Labute approximate surface area is 83.2 Å². The largest absolute Gasteiger partial charge is 0.382 e. The van der Waals surface area contributed by atoms with Gasteiger partial charge in [0.1, 0.15) is 12.2 Å². The number of carbonyl (C=O) groups is 1. The van der Waals surface area contributed by atoms with Crippen molar-refractivity contribution < 1.29 is 19.4 Å². The molecule has 1 heterocycles. The highest BCUT2D eigenvalue weighted by Crippen LogP contribution is 2.38. The average Bonchev–Trinajstić information content (AvgIpc) is 2.38. The molecule has 0 spiro atoms. The second-order valence-corrected chi connectivity index (χ2v) is 4.66. The van der Waals surface area contributed by atoms with E-state index in [0.29, 0.717) is 6.42 Å². The second kappa shape index (κ2) is 3.02. The molecule has 14 heavy (non-hydrogen) atoms. The molecule has 0 aromatic carbocycles. The van der Waals surface area contributed by atoms with E-state index in [4.69, 9.17) is 9.47 Å². The molecule has 4 atom stereocenters. The van der Waals surface area contributed by atoms with E-state index in [-0.39, 0.29) is 17.8 Å². The van der Waals surface area contributed by atoms with Gasteiger partial charge in [-0.05, 0) is 19.8 Å². The number of aliphatic hydroxyl groups excluding tert-OH is 1. The molecule has 1 N–H and O–H groups in total. The number of ketones is 1. The first-order chi connectivity index (χ1) is 6.41. The molecule has 0 aromatic heterocycles. The van der Waals surface area contributed by atoms with Gasteiger partial charge in [0.2, 0.25) is 0 Å². The molecule has 2 rings (SSSR count). The zero-order valence-corrected chi connectivity index (χ0v) is 8.69. The molecule has 0 aromatic rings. The number of fused-ring (bicyclic) bond motifs is 1. The molecule has 1 saturated carbocycles. The summed E-state index contributed by atoms with van der Waals surface area (Å²) in [6.45, 7) is 5.55. The van der Waals surface area contributed by atoms with Crippen molar-refractivity contribution in [2.75, 3.05) is 0 Å². The third-order valence-electron chi connectivity index (χ3n) is 2.89. The van der Waals surface area contributed by atoms with Gasteiger partial charge in [0, 0.05) is 6.42 Å². The van der Waals surface area contributed by atoms with E-state index >= 15 is 0 Å². The van der Waals surface area contributed by atoms with Gasteiger partial charge in [0.25, 0.3) is 0 Å². The fourth-order valence-corrected chi connectivity index (χ4v) is 2.24. The molecule has 1 saturated heterocycles. The lowest BCUT2D eigenvalue weighted by molar-refractivity contribution is -0.157. The van der Waals surface area contributed by atoms with Crippen LogP contribution in [0.1, 0.15) is 27.2 Å². The van der Waals surface area contributed by atoms with Gasteiger partial charge in [0.15, 0.2) is 11.6 Å². The minimum Gasteiger partial charge on any atom is -0.382 e. The van der Waals surface area contributed by atoms with E-state index in [1.807, 2.05) is 6.92 Å². The zero-order valence-electron chi connectivity index (χ0n) is 8.69. The number of hydrogen-bond acceptors (Lipinski definition) is 4. The van der Waals surface area contributed by atoms with Crippen molar-refractivity contribution in [1.29, 1.82) is 0 Å². The summed E-state index contributed by atoms with van der Waals surface area (Å²) in [6, 6.07) is 0. The van der Waals surface area contributed by atoms with Crippen molar-refractivity contribution in [2.45, 2.75) is 51.3 Å². The molecule has 0 radical (unpaired) electrons. The molecule has 4 nitrogen and oxygen atoms in total. The summed E-state index contributed by atoms with van der Waals surface area (Å²) < 4.78 is 11.2. The van der Waals surface area contributed by atoms with Crippen LogP contribution in [0.15, 0.2) is 0 Å². The summed E-state index contributed by atoms with van der Waals surface area (Å²) in [5, 5.41) is 9.64. The maximum atomic E-state index is 11.4. The zero-order chi connectivity index (χ0) is 10.5. The number of hydrogen-bond donors (Lipinski definition) is 1. The van der Waals surface area contributed by atoms with Crippen LogP contribution in [-0.2, 0) is 14.3 Å². The molecule has 1 aliphatic carbocycles. The number of ether oxygens (including phenoxy) is 2. The third kappa shape index (κ3) is 1.47. The number of aliphatic hydroxyl groups is 1. The maximum absolute atomic E-state index is 11.4.